The lowest BCUT2D eigenvalue weighted by atomic mass is 10.2. The van der Waals surface area contributed by atoms with Crippen molar-refractivity contribution in [3.63, 3.8) is 0 Å². The first-order valence-corrected chi connectivity index (χ1v) is 4.10. The summed E-state index contributed by atoms with van der Waals surface area (Å²) in [7, 11) is 0. The number of nitrogen functional groups attached to an aromatic ring is 1. The number of aliphatic hydroxyl groups is 2. The smallest absolute Gasteiger partial charge is 0.0723 e. The Kier molecular flexibility index (Phi) is 3.54. The van der Waals surface area contributed by atoms with Gasteiger partial charge in [-0.3, -0.25) is 0 Å². The molecule has 0 aliphatic carbocycles. The Morgan fingerprint density at radius 2 is 1.85 bits per heavy atom. The number of rotatable bonds is 4. The van der Waals surface area contributed by atoms with Crippen molar-refractivity contribution in [1.29, 1.82) is 0 Å². The van der Waals surface area contributed by atoms with Gasteiger partial charge in [-0.05, 0) is 12.1 Å². The lowest BCUT2D eigenvalue weighted by Gasteiger charge is -2.15. The van der Waals surface area contributed by atoms with Crippen LogP contribution in [0.4, 0.5) is 11.4 Å². The fraction of sp³-hybridized carbons (Fsp3) is 0.333. The van der Waals surface area contributed by atoms with Crippen LogP contribution in [0.2, 0.25) is 0 Å². The Hall–Kier alpha value is -1.26. The minimum absolute atomic E-state index is 0.120. The Labute approximate surface area is 77.0 Å². The van der Waals surface area contributed by atoms with Crippen LogP contribution in [0.1, 0.15) is 0 Å². The molecule has 0 fully saturated rings. The second-order valence-electron chi connectivity index (χ2n) is 2.79. The minimum atomic E-state index is -0.357. The van der Waals surface area contributed by atoms with E-state index in [4.69, 9.17) is 15.9 Å². The molecule has 0 saturated heterocycles. The third kappa shape index (κ3) is 2.61. The van der Waals surface area contributed by atoms with E-state index < -0.39 is 0 Å². The first-order chi connectivity index (χ1) is 6.27. The molecule has 4 heteroatoms. The van der Waals surface area contributed by atoms with Gasteiger partial charge in [-0.15, -0.1) is 0 Å². The average Bonchev–Trinajstić information content (AvgIpc) is 2.17. The van der Waals surface area contributed by atoms with Crippen molar-refractivity contribution in [2.24, 2.45) is 0 Å². The van der Waals surface area contributed by atoms with Crippen molar-refractivity contribution in [3.05, 3.63) is 24.3 Å². The van der Waals surface area contributed by atoms with Gasteiger partial charge < -0.3 is 21.3 Å². The van der Waals surface area contributed by atoms with Crippen LogP contribution < -0.4 is 11.1 Å². The van der Waals surface area contributed by atoms with Crippen LogP contribution in [0.25, 0.3) is 0 Å². The van der Waals surface area contributed by atoms with Crippen molar-refractivity contribution in [3.8, 4) is 0 Å². The molecule has 1 aromatic carbocycles. The third-order valence-electron chi connectivity index (χ3n) is 1.76. The number of hydrogen-bond acceptors (Lipinski definition) is 4. The first-order valence-electron chi connectivity index (χ1n) is 4.10. The van der Waals surface area contributed by atoms with E-state index in [1.165, 1.54) is 0 Å². The lowest BCUT2D eigenvalue weighted by Crippen LogP contribution is -2.27. The normalized spacial score (nSPS) is 10.4. The van der Waals surface area contributed by atoms with Crippen molar-refractivity contribution < 1.29 is 10.2 Å². The molecule has 4 nitrogen and oxygen atoms in total. The molecule has 0 saturated carbocycles. The van der Waals surface area contributed by atoms with E-state index in [-0.39, 0.29) is 19.3 Å². The molecule has 0 radical (unpaired) electrons. The predicted octanol–water partition coefficient (Wildman–Crippen LogP) is 0.0339. The van der Waals surface area contributed by atoms with Gasteiger partial charge in [-0.1, -0.05) is 12.1 Å². The SMILES string of the molecule is Nc1ccccc1NC(CO)CO. The maximum Gasteiger partial charge on any atom is 0.0723 e. The number of anilines is 2. The van der Waals surface area contributed by atoms with Crippen LogP contribution >= 0.6 is 0 Å². The topological polar surface area (TPSA) is 78.5 Å². The second-order valence-corrected chi connectivity index (χ2v) is 2.79. The second kappa shape index (κ2) is 4.69. The van der Waals surface area contributed by atoms with Gasteiger partial charge in [0, 0.05) is 0 Å². The molecule has 1 aromatic rings. The summed E-state index contributed by atoms with van der Waals surface area (Å²) in [5, 5.41) is 20.6. The van der Waals surface area contributed by atoms with Crippen LogP contribution in [0.15, 0.2) is 24.3 Å². The molecular formula is C9H14N2O2. The molecule has 1 rings (SSSR count). The largest absolute Gasteiger partial charge is 0.397 e. The van der Waals surface area contributed by atoms with E-state index >= 15 is 0 Å². The van der Waals surface area contributed by atoms with E-state index in [1.54, 1.807) is 12.1 Å². The Morgan fingerprint density at radius 3 is 2.38 bits per heavy atom. The third-order valence-corrected chi connectivity index (χ3v) is 1.76. The summed E-state index contributed by atoms with van der Waals surface area (Å²) in [6.45, 7) is -0.240. The van der Waals surface area contributed by atoms with Gasteiger partial charge in [0.25, 0.3) is 0 Å². The zero-order valence-corrected chi connectivity index (χ0v) is 7.27. The fourth-order valence-corrected chi connectivity index (χ4v) is 0.997. The highest BCUT2D eigenvalue weighted by Gasteiger charge is 2.06. The first kappa shape index (κ1) is 9.83. The molecule has 0 aliphatic rings. The Bertz CT molecular complexity index is 262. The van der Waals surface area contributed by atoms with Crippen LogP contribution in [0, 0.1) is 0 Å². The number of benzene rings is 1. The Morgan fingerprint density at radius 1 is 1.23 bits per heavy atom. The van der Waals surface area contributed by atoms with Gasteiger partial charge in [-0.25, -0.2) is 0 Å². The summed E-state index contributed by atoms with van der Waals surface area (Å²) < 4.78 is 0. The molecule has 0 heterocycles. The predicted molar refractivity (Wildman–Crippen MR) is 52.4 cm³/mol. The van der Waals surface area contributed by atoms with Gasteiger partial charge in [0.1, 0.15) is 0 Å². The van der Waals surface area contributed by atoms with Gasteiger partial charge in [0.15, 0.2) is 0 Å². The highest BCUT2D eigenvalue weighted by molar-refractivity contribution is 5.65. The quantitative estimate of drug-likeness (QED) is 0.495. The summed E-state index contributed by atoms with van der Waals surface area (Å²) in [5.41, 5.74) is 6.99. The zero-order valence-electron chi connectivity index (χ0n) is 7.27. The summed E-state index contributed by atoms with van der Waals surface area (Å²) in [4.78, 5) is 0. The van der Waals surface area contributed by atoms with Crippen LogP contribution in [0.3, 0.4) is 0 Å². The summed E-state index contributed by atoms with van der Waals surface area (Å²) in [6, 6.07) is 6.87. The summed E-state index contributed by atoms with van der Waals surface area (Å²) >= 11 is 0. The van der Waals surface area contributed by atoms with Crippen LogP contribution in [0.5, 0.6) is 0 Å². The molecule has 0 bridgehead atoms. The van der Waals surface area contributed by atoms with Gasteiger partial charge in [0.05, 0.1) is 30.6 Å². The van der Waals surface area contributed by atoms with Crippen LogP contribution in [-0.4, -0.2) is 29.5 Å². The fourth-order valence-electron chi connectivity index (χ4n) is 0.997. The molecule has 0 aliphatic heterocycles. The highest BCUT2D eigenvalue weighted by Crippen LogP contribution is 2.17. The number of nitrogens with one attached hydrogen (secondary N) is 1. The van der Waals surface area contributed by atoms with Crippen molar-refractivity contribution in [2.75, 3.05) is 24.3 Å². The Balaban J connectivity index is 2.67. The molecule has 0 aromatic heterocycles. The average molecular weight is 182 g/mol. The van der Waals surface area contributed by atoms with E-state index in [9.17, 15) is 0 Å². The molecule has 0 spiro atoms. The molecule has 13 heavy (non-hydrogen) atoms. The number of aliphatic hydroxyl groups excluding tert-OH is 2. The molecule has 72 valence electrons. The van der Waals surface area contributed by atoms with Gasteiger partial charge in [-0.2, -0.15) is 0 Å². The van der Waals surface area contributed by atoms with Crippen LogP contribution in [-0.2, 0) is 0 Å². The lowest BCUT2D eigenvalue weighted by molar-refractivity contribution is 0.204. The van der Waals surface area contributed by atoms with E-state index in [2.05, 4.69) is 5.32 Å². The van der Waals surface area contributed by atoms with Crippen molar-refractivity contribution in [2.45, 2.75) is 6.04 Å². The number of para-hydroxylation sites is 2. The molecule has 0 atom stereocenters. The minimum Gasteiger partial charge on any atom is -0.397 e. The molecule has 0 amide bonds. The van der Waals surface area contributed by atoms with Crippen molar-refractivity contribution in [1.82, 2.24) is 0 Å². The maximum absolute atomic E-state index is 8.81. The van der Waals surface area contributed by atoms with E-state index in [0.29, 0.717) is 5.69 Å². The zero-order chi connectivity index (χ0) is 9.68. The number of hydrogen-bond donors (Lipinski definition) is 4. The molecular weight excluding hydrogens is 168 g/mol. The highest BCUT2D eigenvalue weighted by atomic mass is 16.3. The molecule has 0 unspecified atom stereocenters. The monoisotopic (exact) mass is 182 g/mol. The summed E-state index contributed by atoms with van der Waals surface area (Å²) in [6.07, 6.45) is 0. The maximum atomic E-state index is 8.81. The van der Waals surface area contributed by atoms with Gasteiger partial charge >= 0.3 is 0 Å². The molecule has 5 N–H and O–H groups in total. The standard InChI is InChI=1S/C9H14N2O2/c10-8-3-1-2-4-9(8)11-7(5-12)6-13/h1-4,7,11-13H,5-6,10H2. The van der Waals surface area contributed by atoms with Gasteiger partial charge in [0.2, 0.25) is 0 Å². The summed E-state index contributed by atoms with van der Waals surface area (Å²) in [5.74, 6) is 0. The van der Waals surface area contributed by atoms with E-state index in [0.717, 1.165) is 5.69 Å². The van der Waals surface area contributed by atoms with E-state index in [1.807, 2.05) is 12.1 Å². The van der Waals surface area contributed by atoms with Crippen molar-refractivity contribution >= 4 is 11.4 Å². The number of nitrogens with two attached hydrogens (primary N) is 1.